The molecule has 1 aliphatic carbocycles. The third-order valence-electron chi connectivity index (χ3n) is 5.64. The number of carbonyl (C=O) groups is 2. The van der Waals surface area contributed by atoms with Crippen molar-refractivity contribution in [1.29, 1.82) is 0 Å². The predicted molar refractivity (Wildman–Crippen MR) is 133 cm³/mol. The van der Waals surface area contributed by atoms with Crippen LogP contribution in [-0.4, -0.2) is 23.8 Å². The Hall–Kier alpha value is -3.42. The minimum Gasteiger partial charge on any atom is -0.477 e. The standard InChI is InChI=1S/C26H18BrNO4S/c27-16-11-9-15(10-12-16)23-13-22(24(33-23)25(29)30)28-26(31)32-14-21-19-7-3-1-5-17(19)18-6-2-4-8-20(18)21/h1-13,21H,14H2,(H,28,31)(H,29,30). The molecule has 0 saturated carbocycles. The van der Waals surface area contributed by atoms with E-state index in [2.05, 4.69) is 33.4 Å². The summed E-state index contributed by atoms with van der Waals surface area (Å²) in [7, 11) is 0. The minimum absolute atomic E-state index is 0.0569. The molecule has 0 atom stereocenters. The van der Waals surface area contributed by atoms with Gasteiger partial charge in [0.25, 0.3) is 0 Å². The van der Waals surface area contributed by atoms with Crippen molar-refractivity contribution in [3.63, 3.8) is 0 Å². The first-order chi connectivity index (χ1) is 16.0. The van der Waals surface area contributed by atoms with Crippen molar-refractivity contribution in [2.45, 2.75) is 5.92 Å². The molecule has 7 heteroatoms. The van der Waals surface area contributed by atoms with Gasteiger partial charge < -0.3 is 9.84 Å². The summed E-state index contributed by atoms with van der Waals surface area (Å²) in [6.45, 7) is 0.159. The van der Waals surface area contributed by atoms with Crippen molar-refractivity contribution >= 4 is 45.0 Å². The van der Waals surface area contributed by atoms with Crippen molar-refractivity contribution in [3.8, 4) is 21.6 Å². The number of fused-ring (bicyclic) bond motifs is 3. The smallest absolute Gasteiger partial charge is 0.411 e. The van der Waals surface area contributed by atoms with E-state index in [0.717, 1.165) is 48.5 Å². The average molecular weight is 520 g/mol. The maximum atomic E-state index is 12.6. The summed E-state index contributed by atoms with van der Waals surface area (Å²) in [6.07, 6.45) is -0.681. The molecule has 0 bridgehead atoms. The van der Waals surface area contributed by atoms with Gasteiger partial charge in [0.05, 0.1) is 5.69 Å². The van der Waals surface area contributed by atoms with Crippen LogP contribution in [0.5, 0.6) is 0 Å². The second-order valence-electron chi connectivity index (χ2n) is 7.62. The third kappa shape index (κ3) is 4.17. The quantitative estimate of drug-likeness (QED) is 0.291. The number of hydrogen-bond acceptors (Lipinski definition) is 4. The number of hydrogen-bond donors (Lipinski definition) is 2. The van der Waals surface area contributed by atoms with Crippen LogP contribution in [0.1, 0.15) is 26.7 Å². The summed E-state index contributed by atoms with van der Waals surface area (Å²) in [5, 5.41) is 12.2. The Labute approximate surface area is 202 Å². The van der Waals surface area contributed by atoms with Gasteiger partial charge in [0.1, 0.15) is 11.5 Å². The van der Waals surface area contributed by atoms with Crippen LogP contribution < -0.4 is 5.32 Å². The van der Waals surface area contributed by atoms with E-state index >= 15 is 0 Å². The molecule has 2 N–H and O–H groups in total. The fraction of sp³-hybridized carbons (Fsp3) is 0.0769. The first kappa shape index (κ1) is 21.4. The summed E-state index contributed by atoms with van der Waals surface area (Å²) in [4.78, 5) is 25.2. The number of amides is 1. The number of carboxylic acids is 1. The second-order valence-corrected chi connectivity index (χ2v) is 9.58. The van der Waals surface area contributed by atoms with E-state index < -0.39 is 12.1 Å². The molecule has 1 aliphatic rings. The number of benzene rings is 3. The molecule has 0 aliphatic heterocycles. The Balaban J connectivity index is 1.34. The van der Waals surface area contributed by atoms with Crippen LogP contribution in [0.4, 0.5) is 10.5 Å². The molecular formula is C26H18BrNO4S. The van der Waals surface area contributed by atoms with E-state index in [1.165, 1.54) is 0 Å². The number of carbonyl (C=O) groups excluding carboxylic acids is 1. The highest BCUT2D eigenvalue weighted by Crippen LogP contribution is 2.44. The fourth-order valence-corrected chi connectivity index (χ4v) is 5.37. The summed E-state index contributed by atoms with van der Waals surface area (Å²) < 4.78 is 6.49. The molecule has 3 aromatic carbocycles. The largest absolute Gasteiger partial charge is 0.477 e. The van der Waals surface area contributed by atoms with Crippen molar-refractivity contribution in [3.05, 3.63) is 99.3 Å². The van der Waals surface area contributed by atoms with Gasteiger partial charge in [0, 0.05) is 15.3 Å². The second kappa shape index (κ2) is 8.84. The number of halogens is 1. The van der Waals surface area contributed by atoms with E-state index in [0.29, 0.717) is 0 Å². The van der Waals surface area contributed by atoms with Gasteiger partial charge in [-0.15, -0.1) is 11.3 Å². The van der Waals surface area contributed by atoms with Crippen molar-refractivity contribution < 1.29 is 19.4 Å². The highest BCUT2D eigenvalue weighted by Gasteiger charge is 2.29. The van der Waals surface area contributed by atoms with Crippen molar-refractivity contribution in [2.24, 2.45) is 0 Å². The zero-order valence-corrected chi connectivity index (χ0v) is 19.7. The highest BCUT2D eigenvalue weighted by atomic mass is 79.9. The summed E-state index contributed by atoms with van der Waals surface area (Å²) >= 11 is 4.50. The van der Waals surface area contributed by atoms with E-state index in [1.54, 1.807) is 6.07 Å². The Kier molecular flexibility index (Phi) is 5.74. The summed E-state index contributed by atoms with van der Waals surface area (Å²) in [5.74, 6) is -1.17. The Morgan fingerprint density at radius 3 is 2.15 bits per heavy atom. The van der Waals surface area contributed by atoms with Gasteiger partial charge in [-0.3, -0.25) is 5.32 Å². The lowest BCUT2D eigenvalue weighted by molar-refractivity contribution is 0.0703. The molecule has 5 rings (SSSR count). The van der Waals surface area contributed by atoms with Gasteiger partial charge in [-0.05, 0) is 46.0 Å². The van der Waals surface area contributed by atoms with E-state index in [-0.39, 0.29) is 23.1 Å². The number of thiophene rings is 1. The molecule has 4 aromatic rings. The minimum atomic E-state index is -1.10. The van der Waals surface area contributed by atoms with Gasteiger partial charge in [0.2, 0.25) is 0 Å². The van der Waals surface area contributed by atoms with E-state index in [1.807, 2.05) is 60.7 Å². The highest BCUT2D eigenvalue weighted by molar-refractivity contribution is 9.10. The molecule has 0 spiro atoms. The van der Waals surface area contributed by atoms with Gasteiger partial charge >= 0.3 is 12.1 Å². The Morgan fingerprint density at radius 1 is 0.939 bits per heavy atom. The molecule has 5 nitrogen and oxygen atoms in total. The van der Waals surface area contributed by atoms with Gasteiger partial charge in [-0.25, -0.2) is 9.59 Å². The first-order valence-corrected chi connectivity index (χ1v) is 11.9. The molecule has 0 unspecified atom stereocenters. The molecule has 33 heavy (non-hydrogen) atoms. The molecular weight excluding hydrogens is 502 g/mol. The van der Waals surface area contributed by atoms with Crippen LogP contribution in [0.3, 0.4) is 0 Å². The molecule has 0 saturated heterocycles. The molecule has 164 valence electrons. The Morgan fingerprint density at radius 2 is 1.55 bits per heavy atom. The van der Waals surface area contributed by atoms with Crippen LogP contribution in [0.2, 0.25) is 0 Å². The lowest BCUT2D eigenvalue weighted by Gasteiger charge is -2.14. The number of carboxylic acid groups (broad SMARTS) is 1. The third-order valence-corrected chi connectivity index (χ3v) is 7.34. The molecule has 1 aromatic heterocycles. The van der Waals surface area contributed by atoms with Crippen molar-refractivity contribution in [2.75, 3.05) is 11.9 Å². The van der Waals surface area contributed by atoms with Gasteiger partial charge in [-0.1, -0.05) is 76.6 Å². The number of anilines is 1. The number of aromatic carboxylic acids is 1. The average Bonchev–Trinajstić information content (AvgIpc) is 3.38. The summed E-state index contributed by atoms with van der Waals surface area (Å²) in [6, 6.07) is 25.4. The topological polar surface area (TPSA) is 75.6 Å². The van der Waals surface area contributed by atoms with Crippen LogP contribution in [0, 0.1) is 0 Å². The zero-order valence-electron chi connectivity index (χ0n) is 17.2. The van der Waals surface area contributed by atoms with Crippen LogP contribution in [0.25, 0.3) is 21.6 Å². The fourth-order valence-electron chi connectivity index (χ4n) is 4.14. The molecule has 1 amide bonds. The Bertz CT molecular complexity index is 1320. The molecule has 1 heterocycles. The van der Waals surface area contributed by atoms with Gasteiger partial charge in [0.15, 0.2) is 0 Å². The maximum absolute atomic E-state index is 12.6. The van der Waals surface area contributed by atoms with E-state index in [4.69, 9.17) is 4.74 Å². The van der Waals surface area contributed by atoms with Crippen molar-refractivity contribution in [1.82, 2.24) is 0 Å². The normalized spacial score (nSPS) is 12.2. The lowest BCUT2D eigenvalue weighted by Crippen LogP contribution is -2.18. The van der Waals surface area contributed by atoms with E-state index in [9.17, 15) is 14.7 Å². The number of ether oxygens (including phenoxy) is 1. The number of nitrogens with one attached hydrogen (secondary N) is 1. The van der Waals surface area contributed by atoms with Crippen LogP contribution >= 0.6 is 27.3 Å². The first-order valence-electron chi connectivity index (χ1n) is 10.3. The predicted octanol–water partition coefficient (Wildman–Crippen LogP) is 7.24. The summed E-state index contributed by atoms with van der Waals surface area (Å²) in [5.41, 5.74) is 5.62. The monoisotopic (exact) mass is 519 g/mol. The van der Waals surface area contributed by atoms with Gasteiger partial charge in [-0.2, -0.15) is 0 Å². The van der Waals surface area contributed by atoms with Crippen LogP contribution in [0.15, 0.2) is 83.3 Å². The zero-order chi connectivity index (χ0) is 22.9. The maximum Gasteiger partial charge on any atom is 0.411 e. The SMILES string of the molecule is O=C(Nc1cc(-c2ccc(Br)cc2)sc1C(=O)O)OCC1c2ccccc2-c2ccccc21. The lowest BCUT2D eigenvalue weighted by atomic mass is 9.98. The van der Waals surface area contributed by atoms with Crippen LogP contribution in [-0.2, 0) is 4.74 Å². The molecule has 0 radical (unpaired) electrons. The molecule has 0 fully saturated rings. The number of rotatable bonds is 5.